The van der Waals surface area contributed by atoms with Gasteiger partial charge in [-0.1, -0.05) is 42.8 Å². The number of fused-ring (bicyclic) bond motifs is 1. The zero-order valence-corrected chi connectivity index (χ0v) is 23.8. The third-order valence-electron chi connectivity index (χ3n) is 7.47. The predicted octanol–water partition coefficient (Wildman–Crippen LogP) is 4.11. The Balaban J connectivity index is 1.54. The van der Waals surface area contributed by atoms with Crippen LogP contribution in [0.15, 0.2) is 36.4 Å². The Morgan fingerprint density at radius 1 is 1.21 bits per heavy atom. The van der Waals surface area contributed by atoms with E-state index in [0.29, 0.717) is 25.4 Å². The highest BCUT2D eigenvalue weighted by Crippen LogP contribution is 2.33. The topological polar surface area (TPSA) is 88.2 Å². The maximum absolute atomic E-state index is 12.4. The van der Waals surface area contributed by atoms with Crippen LogP contribution in [-0.4, -0.2) is 67.7 Å². The Bertz CT molecular complexity index is 1110. The van der Waals surface area contributed by atoms with Crippen molar-refractivity contribution in [1.82, 2.24) is 15.1 Å². The van der Waals surface area contributed by atoms with Gasteiger partial charge in [0.15, 0.2) is 0 Å². The summed E-state index contributed by atoms with van der Waals surface area (Å²) in [6.45, 7) is 10.6. The van der Waals surface area contributed by atoms with Crippen molar-refractivity contribution in [3.8, 4) is 5.75 Å². The molecule has 2 aromatic rings. The fourth-order valence-electron chi connectivity index (χ4n) is 5.12. The molecular formula is C31H43N3O5. The molecule has 8 heteroatoms. The molecule has 0 aliphatic carbocycles. The molecule has 2 aromatic carbocycles. The Morgan fingerprint density at radius 2 is 2.03 bits per heavy atom. The van der Waals surface area contributed by atoms with Gasteiger partial charge in [-0.2, -0.15) is 0 Å². The van der Waals surface area contributed by atoms with Crippen molar-refractivity contribution in [3.63, 3.8) is 0 Å². The van der Waals surface area contributed by atoms with Gasteiger partial charge in [0.05, 0.1) is 25.9 Å². The maximum atomic E-state index is 12.4. The van der Waals surface area contributed by atoms with Crippen LogP contribution in [0.3, 0.4) is 0 Å². The van der Waals surface area contributed by atoms with Gasteiger partial charge in [0.25, 0.3) is 0 Å². The third-order valence-corrected chi connectivity index (χ3v) is 7.47. The summed E-state index contributed by atoms with van der Waals surface area (Å²) in [5.74, 6) is 0.420. The highest BCUT2D eigenvalue weighted by Gasteiger charge is 2.26. The monoisotopic (exact) mass is 537 g/mol. The number of nitrogens with one attached hydrogen (secondary N) is 1. The van der Waals surface area contributed by atoms with Crippen LogP contribution in [-0.2, 0) is 32.3 Å². The molecule has 0 spiro atoms. The Labute approximate surface area is 232 Å². The van der Waals surface area contributed by atoms with Crippen molar-refractivity contribution in [2.75, 3.05) is 33.3 Å². The first-order valence-electron chi connectivity index (χ1n) is 13.9. The van der Waals surface area contributed by atoms with E-state index in [0.717, 1.165) is 49.9 Å². The molecule has 2 unspecified atom stereocenters. The van der Waals surface area contributed by atoms with Crippen LogP contribution in [0.25, 0.3) is 0 Å². The Kier molecular flexibility index (Phi) is 12.0. The number of benzene rings is 2. The van der Waals surface area contributed by atoms with Gasteiger partial charge in [0, 0.05) is 32.1 Å². The van der Waals surface area contributed by atoms with Crippen molar-refractivity contribution < 1.29 is 23.9 Å². The van der Waals surface area contributed by atoms with Gasteiger partial charge in [-0.3, -0.25) is 9.59 Å². The summed E-state index contributed by atoms with van der Waals surface area (Å²) in [6, 6.07) is 11.7. The molecule has 1 N–H and O–H groups in total. The van der Waals surface area contributed by atoms with Crippen molar-refractivity contribution in [3.05, 3.63) is 64.2 Å². The fourth-order valence-corrected chi connectivity index (χ4v) is 5.12. The van der Waals surface area contributed by atoms with Gasteiger partial charge in [-0.05, 0) is 62.4 Å². The van der Waals surface area contributed by atoms with Gasteiger partial charge >= 0.3 is 0 Å². The van der Waals surface area contributed by atoms with E-state index in [-0.39, 0.29) is 31.4 Å². The quantitative estimate of drug-likeness (QED) is 0.241. The van der Waals surface area contributed by atoms with Gasteiger partial charge in [-0.25, -0.2) is 0 Å². The molecule has 0 saturated carbocycles. The number of rotatable bonds is 17. The summed E-state index contributed by atoms with van der Waals surface area (Å²) in [5.41, 5.74) is 5.74. The van der Waals surface area contributed by atoms with E-state index in [2.05, 4.69) is 42.3 Å². The van der Waals surface area contributed by atoms with Crippen molar-refractivity contribution >= 4 is 18.6 Å². The lowest BCUT2D eigenvalue weighted by Gasteiger charge is -2.28. The number of hydrogen-bond acceptors (Lipinski definition) is 6. The summed E-state index contributed by atoms with van der Waals surface area (Å²) >= 11 is 0. The van der Waals surface area contributed by atoms with E-state index in [9.17, 15) is 14.4 Å². The maximum Gasteiger partial charge on any atom is 0.242 e. The molecule has 212 valence electrons. The van der Waals surface area contributed by atoms with Gasteiger partial charge < -0.3 is 29.4 Å². The van der Waals surface area contributed by atoms with E-state index < -0.39 is 6.04 Å². The van der Waals surface area contributed by atoms with E-state index in [1.807, 2.05) is 25.1 Å². The second-order valence-corrected chi connectivity index (χ2v) is 10.1. The fraction of sp³-hybridized carbons (Fsp3) is 0.516. The second-order valence-electron chi connectivity index (χ2n) is 10.1. The van der Waals surface area contributed by atoms with Crippen LogP contribution in [0.1, 0.15) is 66.5 Å². The summed E-state index contributed by atoms with van der Waals surface area (Å²) in [6.07, 6.45) is 3.90. The van der Waals surface area contributed by atoms with Crippen LogP contribution >= 0.6 is 0 Å². The molecular weight excluding hydrogens is 494 g/mol. The number of nitrogens with zero attached hydrogens (tertiary/aromatic N) is 2. The molecule has 0 radical (unpaired) electrons. The summed E-state index contributed by atoms with van der Waals surface area (Å²) in [7, 11) is 1.53. The van der Waals surface area contributed by atoms with Crippen molar-refractivity contribution in [1.29, 1.82) is 0 Å². The Hall–Kier alpha value is -3.23. The molecule has 8 nitrogen and oxygen atoms in total. The molecule has 1 aliphatic rings. The molecule has 2 atom stereocenters. The number of likely N-dealkylation sites (N-methyl/N-ethyl adjacent to an activating group) is 1. The Morgan fingerprint density at radius 3 is 2.74 bits per heavy atom. The largest absolute Gasteiger partial charge is 0.493 e. The average molecular weight is 538 g/mol. The van der Waals surface area contributed by atoms with Crippen LogP contribution in [0.2, 0.25) is 0 Å². The number of amides is 2. The summed E-state index contributed by atoms with van der Waals surface area (Å²) < 4.78 is 12.3. The molecule has 3 rings (SSSR count). The minimum Gasteiger partial charge on any atom is -0.493 e. The number of hydrogen-bond donors (Lipinski definition) is 1. The summed E-state index contributed by atoms with van der Waals surface area (Å²) in [4.78, 5) is 39.2. The lowest BCUT2D eigenvalue weighted by atomic mass is 10.0. The minimum absolute atomic E-state index is 0.158. The molecule has 0 saturated heterocycles. The molecule has 1 heterocycles. The van der Waals surface area contributed by atoms with Crippen LogP contribution in [0.4, 0.5) is 0 Å². The second kappa shape index (κ2) is 15.4. The van der Waals surface area contributed by atoms with Crippen LogP contribution < -0.4 is 10.1 Å². The van der Waals surface area contributed by atoms with Crippen LogP contribution in [0.5, 0.6) is 5.75 Å². The first-order chi connectivity index (χ1) is 18.9. The van der Waals surface area contributed by atoms with E-state index in [1.54, 1.807) is 0 Å². The first-order valence-corrected chi connectivity index (χ1v) is 13.9. The number of aldehydes is 1. The highest BCUT2D eigenvalue weighted by atomic mass is 16.5. The normalized spacial score (nSPS) is 15.1. The highest BCUT2D eigenvalue weighted by molar-refractivity contribution is 5.83. The average Bonchev–Trinajstić information content (AvgIpc) is 3.34. The van der Waals surface area contributed by atoms with Crippen molar-refractivity contribution in [2.45, 2.75) is 71.8 Å². The molecule has 0 fully saturated rings. The zero-order chi connectivity index (χ0) is 28.2. The van der Waals surface area contributed by atoms with E-state index in [4.69, 9.17) is 9.47 Å². The van der Waals surface area contributed by atoms with E-state index >= 15 is 0 Å². The standard InChI is InChI=1S/C31H43N3O5/c1-5-33(16-14-30-26-19-23(2)12-13-25(26)21-39-30)15-8-18-38-29-11-6-9-24(3)27(29)20-34(22-36)28(10-7-17-35)31(37)32-4/h6,9,11-13,17,19,22,28,30H,5,7-8,10,14-16,18,20-21H2,1-4H3,(H,32,37). The zero-order valence-electron chi connectivity index (χ0n) is 23.8. The predicted molar refractivity (Wildman–Crippen MR) is 151 cm³/mol. The number of carbonyl (C=O) groups is 3. The number of carbonyl (C=O) groups excluding carboxylic acids is 3. The lowest BCUT2D eigenvalue weighted by molar-refractivity contribution is -0.133. The molecule has 0 aromatic heterocycles. The molecule has 39 heavy (non-hydrogen) atoms. The first kappa shape index (κ1) is 30.3. The number of aryl methyl sites for hydroxylation is 2. The van der Waals surface area contributed by atoms with Crippen molar-refractivity contribution in [2.24, 2.45) is 0 Å². The molecule has 1 aliphatic heterocycles. The van der Waals surface area contributed by atoms with Gasteiger partial charge in [0.1, 0.15) is 18.1 Å². The van der Waals surface area contributed by atoms with Gasteiger partial charge in [-0.15, -0.1) is 0 Å². The minimum atomic E-state index is -0.719. The third kappa shape index (κ3) is 8.38. The number of ether oxygens (including phenoxy) is 2. The SMILES string of the molecule is CCN(CCCOc1cccc(C)c1CN(C=O)C(CCC=O)C(=O)NC)CCC1OCc2ccc(C)cc21. The molecule has 2 amide bonds. The van der Waals surface area contributed by atoms with E-state index in [1.165, 1.54) is 28.6 Å². The molecule has 0 bridgehead atoms. The van der Waals surface area contributed by atoms with Crippen LogP contribution in [0, 0.1) is 13.8 Å². The lowest BCUT2D eigenvalue weighted by Crippen LogP contribution is -2.45. The van der Waals surface area contributed by atoms with Gasteiger partial charge in [0.2, 0.25) is 12.3 Å². The smallest absolute Gasteiger partial charge is 0.242 e. The summed E-state index contributed by atoms with van der Waals surface area (Å²) in [5, 5.41) is 2.60.